The molecule has 0 aromatic carbocycles. The van der Waals surface area contributed by atoms with Crippen LogP contribution in [0.4, 0.5) is 0 Å². The molecule has 3 heterocycles. The second-order valence-corrected chi connectivity index (χ2v) is 8.55. The van der Waals surface area contributed by atoms with E-state index in [1.165, 1.54) is 23.1 Å². The van der Waals surface area contributed by atoms with Gasteiger partial charge in [-0.1, -0.05) is 11.8 Å². The molecule has 1 fully saturated rings. The largest absolute Gasteiger partial charge is 0.365 e. The van der Waals surface area contributed by atoms with E-state index in [9.17, 15) is 9.59 Å². The lowest BCUT2D eigenvalue weighted by atomic mass is 10.2. The number of nitrogens with two attached hydrogens (primary N) is 1. The van der Waals surface area contributed by atoms with Gasteiger partial charge < -0.3 is 10.6 Å². The first kappa shape index (κ1) is 16.5. The number of aromatic nitrogens is 1. The monoisotopic (exact) mass is 367 g/mol. The molecular formula is C15H17N3O2S3. The standard InChI is InChI=1S/C15H17N3O2S3/c1-9-7-21-15(17-9)22-8-13(19)18-6-2-3-10(18)11-4-5-12(23-11)14(16)20/h4-5,7,10H,2-3,6,8H2,1H3,(H2,16,20)/t10-/m0/s1. The van der Waals surface area contributed by atoms with E-state index in [-0.39, 0.29) is 11.9 Å². The van der Waals surface area contributed by atoms with Crippen LogP contribution >= 0.6 is 34.4 Å². The number of carbonyl (C=O) groups excluding carboxylic acids is 2. The maximum Gasteiger partial charge on any atom is 0.258 e. The molecule has 0 radical (unpaired) electrons. The van der Waals surface area contributed by atoms with E-state index in [2.05, 4.69) is 4.98 Å². The maximum atomic E-state index is 12.5. The summed E-state index contributed by atoms with van der Waals surface area (Å²) in [6.45, 7) is 2.72. The third kappa shape index (κ3) is 3.76. The fourth-order valence-electron chi connectivity index (χ4n) is 2.63. The minimum atomic E-state index is -0.410. The van der Waals surface area contributed by atoms with Gasteiger partial charge in [-0.2, -0.15) is 0 Å². The van der Waals surface area contributed by atoms with Gasteiger partial charge in [-0.15, -0.1) is 22.7 Å². The highest BCUT2D eigenvalue weighted by atomic mass is 32.2. The maximum absolute atomic E-state index is 12.5. The van der Waals surface area contributed by atoms with Crippen LogP contribution in [0, 0.1) is 6.92 Å². The zero-order valence-corrected chi connectivity index (χ0v) is 15.1. The van der Waals surface area contributed by atoms with Gasteiger partial charge in [0.2, 0.25) is 5.91 Å². The van der Waals surface area contributed by atoms with Crippen molar-refractivity contribution in [2.75, 3.05) is 12.3 Å². The Morgan fingerprint density at radius 3 is 2.96 bits per heavy atom. The number of amides is 2. The van der Waals surface area contributed by atoms with Crippen LogP contribution in [0.15, 0.2) is 21.9 Å². The molecule has 8 heteroatoms. The SMILES string of the molecule is Cc1csc(SCC(=O)N2CCC[C@H]2c2ccc(C(N)=O)s2)n1. The average molecular weight is 368 g/mol. The molecule has 2 N–H and O–H groups in total. The Balaban J connectivity index is 1.65. The Hall–Kier alpha value is -1.38. The van der Waals surface area contributed by atoms with Gasteiger partial charge in [0.1, 0.15) is 0 Å². The van der Waals surface area contributed by atoms with Gasteiger partial charge in [0.05, 0.1) is 16.7 Å². The smallest absolute Gasteiger partial charge is 0.258 e. The van der Waals surface area contributed by atoms with Crippen LogP contribution in [-0.2, 0) is 4.79 Å². The van der Waals surface area contributed by atoms with E-state index in [0.29, 0.717) is 10.6 Å². The van der Waals surface area contributed by atoms with Crippen molar-refractivity contribution >= 4 is 46.2 Å². The summed E-state index contributed by atoms with van der Waals surface area (Å²) in [7, 11) is 0. The highest BCUT2D eigenvalue weighted by molar-refractivity contribution is 8.01. The molecule has 0 unspecified atom stereocenters. The quantitative estimate of drug-likeness (QED) is 0.824. The molecule has 1 atom stereocenters. The molecule has 2 amide bonds. The van der Waals surface area contributed by atoms with Crippen molar-refractivity contribution in [1.82, 2.24) is 9.88 Å². The number of likely N-dealkylation sites (tertiary alicyclic amines) is 1. The molecule has 122 valence electrons. The predicted molar refractivity (Wildman–Crippen MR) is 94.1 cm³/mol. The minimum Gasteiger partial charge on any atom is -0.365 e. The normalized spacial score (nSPS) is 17.6. The second kappa shape index (κ2) is 7.02. The van der Waals surface area contributed by atoms with Gasteiger partial charge in [-0.3, -0.25) is 9.59 Å². The van der Waals surface area contributed by atoms with E-state index >= 15 is 0 Å². The Morgan fingerprint density at radius 2 is 2.30 bits per heavy atom. The molecule has 1 saturated heterocycles. The van der Waals surface area contributed by atoms with Crippen LogP contribution in [-0.4, -0.2) is 34.0 Å². The van der Waals surface area contributed by atoms with Crippen LogP contribution in [0.3, 0.4) is 0 Å². The molecule has 0 bridgehead atoms. The Labute approximate surface area is 146 Å². The summed E-state index contributed by atoms with van der Waals surface area (Å²) in [5.41, 5.74) is 6.30. The van der Waals surface area contributed by atoms with Crippen LogP contribution in [0.5, 0.6) is 0 Å². The van der Waals surface area contributed by atoms with Crippen LogP contribution < -0.4 is 5.73 Å². The fourth-order valence-corrected chi connectivity index (χ4v) is 5.37. The van der Waals surface area contributed by atoms with Gasteiger partial charge in [-0.05, 0) is 31.9 Å². The summed E-state index contributed by atoms with van der Waals surface area (Å²) >= 11 is 4.45. The lowest BCUT2D eigenvalue weighted by Crippen LogP contribution is -2.31. The number of rotatable bonds is 5. The fraction of sp³-hybridized carbons (Fsp3) is 0.400. The molecule has 2 aromatic rings. The topological polar surface area (TPSA) is 76.3 Å². The Morgan fingerprint density at radius 1 is 1.48 bits per heavy atom. The summed E-state index contributed by atoms with van der Waals surface area (Å²) in [4.78, 5) is 31.7. The van der Waals surface area contributed by atoms with E-state index in [4.69, 9.17) is 5.73 Å². The van der Waals surface area contributed by atoms with E-state index in [0.717, 1.165) is 34.3 Å². The van der Waals surface area contributed by atoms with E-state index in [1.807, 2.05) is 23.3 Å². The molecule has 3 rings (SSSR count). The zero-order chi connectivity index (χ0) is 16.4. The zero-order valence-electron chi connectivity index (χ0n) is 12.7. The number of thiazole rings is 1. The lowest BCUT2D eigenvalue weighted by Gasteiger charge is -2.23. The van der Waals surface area contributed by atoms with Crippen molar-refractivity contribution in [2.24, 2.45) is 5.73 Å². The number of hydrogen-bond donors (Lipinski definition) is 1. The first-order valence-electron chi connectivity index (χ1n) is 7.28. The summed E-state index contributed by atoms with van der Waals surface area (Å²) in [5, 5.41) is 1.99. The second-order valence-electron chi connectivity index (χ2n) is 5.35. The third-order valence-electron chi connectivity index (χ3n) is 3.69. The number of hydrogen-bond acceptors (Lipinski definition) is 6. The first-order valence-corrected chi connectivity index (χ1v) is 9.96. The molecule has 0 spiro atoms. The van der Waals surface area contributed by atoms with Crippen molar-refractivity contribution in [3.05, 3.63) is 33.0 Å². The van der Waals surface area contributed by atoms with Gasteiger partial charge in [-0.25, -0.2) is 4.98 Å². The van der Waals surface area contributed by atoms with Crippen molar-refractivity contribution in [1.29, 1.82) is 0 Å². The van der Waals surface area contributed by atoms with Gasteiger partial charge in [0.15, 0.2) is 4.34 Å². The molecule has 5 nitrogen and oxygen atoms in total. The third-order valence-corrected chi connectivity index (χ3v) is 7.01. The molecule has 23 heavy (non-hydrogen) atoms. The molecule has 0 aliphatic carbocycles. The highest BCUT2D eigenvalue weighted by Gasteiger charge is 2.31. The molecule has 0 saturated carbocycles. The van der Waals surface area contributed by atoms with Crippen LogP contribution in [0.1, 0.15) is 39.1 Å². The van der Waals surface area contributed by atoms with Crippen molar-refractivity contribution < 1.29 is 9.59 Å². The highest BCUT2D eigenvalue weighted by Crippen LogP contribution is 2.36. The lowest BCUT2D eigenvalue weighted by molar-refractivity contribution is -0.129. The average Bonchev–Trinajstić information content (AvgIpc) is 3.24. The molecule has 2 aromatic heterocycles. The van der Waals surface area contributed by atoms with Crippen molar-refractivity contribution in [3.8, 4) is 0 Å². The van der Waals surface area contributed by atoms with E-state index < -0.39 is 5.91 Å². The summed E-state index contributed by atoms with van der Waals surface area (Å²) in [6.07, 6.45) is 1.92. The van der Waals surface area contributed by atoms with Gasteiger partial charge in [0.25, 0.3) is 5.91 Å². The Bertz CT molecular complexity index is 725. The van der Waals surface area contributed by atoms with Crippen molar-refractivity contribution in [3.63, 3.8) is 0 Å². The summed E-state index contributed by atoms with van der Waals surface area (Å²) in [5.74, 6) is 0.114. The molecule has 1 aliphatic rings. The van der Waals surface area contributed by atoms with Crippen LogP contribution in [0.25, 0.3) is 0 Å². The minimum absolute atomic E-state index is 0.0687. The molecular weight excluding hydrogens is 350 g/mol. The molecule has 1 aliphatic heterocycles. The van der Waals surface area contributed by atoms with Crippen molar-refractivity contribution in [2.45, 2.75) is 30.1 Å². The van der Waals surface area contributed by atoms with E-state index in [1.54, 1.807) is 17.4 Å². The van der Waals surface area contributed by atoms with Gasteiger partial charge in [0, 0.05) is 22.5 Å². The number of thiophene rings is 1. The number of aryl methyl sites for hydroxylation is 1. The number of nitrogens with zero attached hydrogens (tertiary/aromatic N) is 2. The number of carbonyl (C=O) groups is 2. The summed E-state index contributed by atoms with van der Waals surface area (Å²) < 4.78 is 0.929. The first-order chi connectivity index (χ1) is 11.0. The number of thioether (sulfide) groups is 1. The van der Waals surface area contributed by atoms with Gasteiger partial charge >= 0.3 is 0 Å². The Kier molecular flexibility index (Phi) is 5.03. The summed E-state index contributed by atoms with van der Waals surface area (Å²) in [6, 6.07) is 3.73. The number of primary amides is 1. The predicted octanol–water partition coefficient (Wildman–Crippen LogP) is 3.07. The van der Waals surface area contributed by atoms with Crippen LogP contribution in [0.2, 0.25) is 0 Å².